The van der Waals surface area contributed by atoms with Crippen molar-refractivity contribution in [2.24, 2.45) is 17.2 Å². The van der Waals surface area contributed by atoms with Crippen molar-refractivity contribution in [1.82, 2.24) is 19.3 Å². The maximum absolute atomic E-state index is 11.8. The van der Waals surface area contributed by atoms with Gasteiger partial charge in [0.15, 0.2) is 11.4 Å². The van der Waals surface area contributed by atoms with E-state index in [4.69, 9.17) is 17.2 Å². The fourth-order valence-electron chi connectivity index (χ4n) is 2.63. The summed E-state index contributed by atoms with van der Waals surface area (Å²) in [6.07, 6.45) is 1.05. The quantitative estimate of drug-likeness (QED) is 0.492. The topological polar surface area (TPSA) is 197 Å². The average molecular weight is 345 g/mol. The molecule has 0 saturated carbocycles. The Bertz CT molecular complexity index is 786. The van der Waals surface area contributed by atoms with E-state index >= 15 is 0 Å². The molecule has 2 atom stereocenters. The molecule has 3 amide bonds. The van der Waals surface area contributed by atoms with E-state index in [1.165, 1.54) is 0 Å². The minimum atomic E-state index is -3.72. The Labute approximate surface area is 130 Å². The van der Waals surface area contributed by atoms with Gasteiger partial charge >= 0.3 is 0 Å². The largest absolute Gasteiger partial charge is 0.368 e. The van der Waals surface area contributed by atoms with E-state index in [0.29, 0.717) is 0 Å². The fraction of sp³-hybridized carbons (Fsp3) is 0.500. The molecular formula is C10H15N7O5S. The second-order valence-electron chi connectivity index (χ2n) is 5.04. The van der Waals surface area contributed by atoms with E-state index in [1.807, 2.05) is 0 Å². The van der Waals surface area contributed by atoms with Gasteiger partial charge in [0.05, 0.1) is 12.3 Å². The Balaban J connectivity index is 2.56. The van der Waals surface area contributed by atoms with Crippen LogP contribution in [-0.2, 0) is 14.8 Å². The first-order chi connectivity index (χ1) is 10.6. The van der Waals surface area contributed by atoms with Crippen LogP contribution < -0.4 is 17.2 Å². The maximum Gasteiger partial charge on any atom is 0.271 e. The average Bonchev–Trinajstić information content (AvgIpc) is 3.01. The maximum atomic E-state index is 11.8. The number of primary amides is 3. The van der Waals surface area contributed by atoms with Crippen molar-refractivity contribution in [1.29, 1.82) is 0 Å². The number of sulfonamides is 1. The molecule has 0 spiro atoms. The molecule has 1 saturated heterocycles. The molecule has 126 valence electrons. The van der Waals surface area contributed by atoms with E-state index in [1.54, 1.807) is 0 Å². The second kappa shape index (κ2) is 5.58. The van der Waals surface area contributed by atoms with E-state index in [2.05, 4.69) is 10.3 Å². The van der Waals surface area contributed by atoms with Gasteiger partial charge in [0.1, 0.15) is 6.04 Å². The fourth-order valence-corrected chi connectivity index (χ4v) is 3.72. The number of hydrogen-bond acceptors (Lipinski definition) is 7. The van der Waals surface area contributed by atoms with Gasteiger partial charge in [-0.05, 0) is 6.42 Å². The summed E-state index contributed by atoms with van der Waals surface area (Å²) in [7, 11) is -3.72. The third kappa shape index (κ3) is 2.87. The first kappa shape index (κ1) is 16.8. The van der Waals surface area contributed by atoms with Crippen molar-refractivity contribution in [3.05, 3.63) is 11.4 Å². The molecule has 1 aromatic rings. The Morgan fingerprint density at radius 2 is 1.78 bits per heavy atom. The molecule has 0 bridgehead atoms. The number of nitrogens with two attached hydrogens (primary N) is 3. The summed E-state index contributed by atoms with van der Waals surface area (Å²) < 4.78 is 25.4. The Morgan fingerprint density at radius 3 is 2.22 bits per heavy atom. The first-order valence-electron chi connectivity index (χ1n) is 6.36. The first-order valence-corrected chi connectivity index (χ1v) is 8.21. The van der Waals surface area contributed by atoms with Crippen LogP contribution >= 0.6 is 0 Å². The SMILES string of the molecule is CS(=O)(=O)N1CCC(n2nnc(C(N)=O)c2C(N)=O)C1C(N)=O. The zero-order valence-electron chi connectivity index (χ0n) is 12.0. The molecule has 0 radical (unpaired) electrons. The van der Waals surface area contributed by atoms with Crippen LogP contribution in [0.5, 0.6) is 0 Å². The van der Waals surface area contributed by atoms with Crippen molar-refractivity contribution in [3.63, 3.8) is 0 Å². The number of rotatable bonds is 5. The standard InChI is InChI=1S/C10H15N7O5S/c1-23(21,22)16-3-2-4(6(16)9(12)19)17-7(10(13)20)5(8(11)18)14-15-17/h4,6H,2-3H2,1H3,(H2,11,18)(H2,12,19)(H2,13,20). The van der Waals surface area contributed by atoms with Crippen LogP contribution in [0.25, 0.3) is 0 Å². The highest BCUT2D eigenvalue weighted by Crippen LogP contribution is 2.31. The molecule has 1 fully saturated rings. The Hall–Kier alpha value is -2.54. The molecule has 2 heterocycles. The molecule has 12 nitrogen and oxygen atoms in total. The van der Waals surface area contributed by atoms with Crippen LogP contribution in [0, 0.1) is 0 Å². The van der Waals surface area contributed by atoms with Crippen LogP contribution in [0.4, 0.5) is 0 Å². The number of nitrogens with zero attached hydrogens (tertiary/aromatic N) is 4. The summed E-state index contributed by atoms with van der Waals surface area (Å²) in [5.41, 5.74) is 14.7. The molecule has 2 rings (SSSR count). The Morgan fingerprint density at radius 1 is 1.17 bits per heavy atom. The summed E-state index contributed by atoms with van der Waals surface area (Å²) in [6.45, 7) is -0.0128. The van der Waals surface area contributed by atoms with Crippen LogP contribution in [0.2, 0.25) is 0 Å². The summed E-state index contributed by atoms with van der Waals surface area (Å²) in [6, 6.07) is -2.21. The smallest absolute Gasteiger partial charge is 0.271 e. The summed E-state index contributed by atoms with van der Waals surface area (Å²) in [5, 5.41) is 7.11. The molecule has 0 aliphatic carbocycles. The number of hydrogen-bond donors (Lipinski definition) is 3. The third-order valence-corrected chi connectivity index (χ3v) is 4.77. The molecule has 0 aromatic carbocycles. The van der Waals surface area contributed by atoms with Crippen molar-refractivity contribution < 1.29 is 22.8 Å². The molecule has 1 aliphatic heterocycles. The normalized spacial score (nSPS) is 22.1. The van der Waals surface area contributed by atoms with Gasteiger partial charge in [0, 0.05) is 6.54 Å². The highest BCUT2D eigenvalue weighted by atomic mass is 32.2. The molecule has 6 N–H and O–H groups in total. The van der Waals surface area contributed by atoms with Crippen molar-refractivity contribution in [2.45, 2.75) is 18.5 Å². The second-order valence-corrected chi connectivity index (χ2v) is 6.97. The van der Waals surface area contributed by atoms with Gasteiger partial charge in [-0.3, -0.25) is 14.4 Å². The monoisotopic (exact) mass is 345 g/mol. The van der Waals surface area contributed by atoms with E-state index in [9.17, 15) is 22.8 Å². The van der Waals surface area contributed by atoms with Crippen molar-refractivity contribution >= 4 is 27.7 Å². The number of carbonyl (C=O) groups excluding carboxylic acids is 3. The van der Waals surface area contributed by atoms with Gasteiger partial charge in [-0.25, -0.2) is 13.1 Å². The lowest BCUT2D eigenvalue weighted by atomic mass is 10.1. The van der Waals surface area contributed by atoms with E-state index in [-0.39, 0.29) is 13.0 Å². The Kier molecular flexibility index (Phi) is 4.08. The molecule has 23 heavy (non-hydrogen) atoms. The lowest BCUT2D eigenvalue weighted by molar-refractivity contribution is -0.121. The highest BCUT2D eigenvalue weighted by molar-refractivity contribution is 7.88. The summed E-state index contributed by atoms with van der Waals surface area (Å²) in [5.74, 6) is -2.99. The predicted molar refractivity (Wildman–Crippen MR) is 75.2 cm³/mol. The zero-order chi connectivity index (χ0) is 17.5. The predicted octanol–water partition coefficient (Wildman–Crippen LogP) is -3.46. The van der Waals surface area contributed by atoms with Crippen LogP contribution in [-0.4, -0.2) is 64.3 Å². The minimum Gasteiger partial charge on any atom is -0.368 e. The minimum absolute atomic E-state index is 0.0128. The molecule has 1 aliphatic rings. The van der Waals surface area contributed by atoms with Crippen LogP contribution in [0.3, 0.4) is 0 Å². The van der Waals surface area contributed by atoms with Gasteiger partial charge in [-0.1, -0.05) is 5.21 Å². The third-order valence-electron chi connectivity index (χ3n) is 3.51. The van der Waals surface area contributed by atoms with Gasteiger partial charge < -0.3 is 17.2 Å². The van der Waals surface area contributed by atoms with Gasteiger partial charge in [0.25, 0.3) is 11.8 Å². The highest BCUT2D eigenvalue weighted by Gasteiger charge is 2.45. The summed E-state index contributed by atoms with van der Waals surface area (Å²) in [4.78, 5) is 34.6. The van der Waals surface area contributed by atoms with Gasteiger partial charge in [-0.15, -0.1) is 5.10 Å². The lowest BCUT2D eigenvalue weighted by Gasteiger charge is -2.23. The van der Waals surface area contributed by atoms with Crippen LogP contribution in [0.15, 0.2) is 0 Å². The van der Waals surface area contributed by atoms with E-state index in [0.717, 1.165) is 15.2 Å². The number of carbonyl (C=O) groups is 3. The summed E-state index contributed by atoms with van der Waals surface area (Å²) >= 11 is 0. The molecular weight excluding hydrogens is 330 g/mol. The zero-order valence-corrected chi connectivity index (χ0v) is 12.9. The van der Waals surface area contributed by atoms with E-state index < -0.39 is 51.2 Å². The van der Waals surface area contributed by atoms with Crippen LogP contribution in [0.1, 0.15) is 33.4 Å². The molecule has 13 heteroatoms. The van der Waals surface area contributed by atoms with Crippen molar-refractivity contribution in [2.75, 3.05) is 12.8 Å². The van der Waals surface area contributed by atoms with Gasteiger partial charge in [0.2, 0.25) is 15.9 Å². The van der Waals surface area contributed by atoms with Crippen molar-refractivity contribution in [3.8, 4) is 0 Å². The van der Waals surface area contributed by atoms with Gasteiger partial charge in [-0.2, -0.15) is 4.31 Å². The number of amides is 3. The molecule has 2 unspecified atom stereocenters. The number of aromatic nitrogens is 3. The molecule has 1 aromatic heterocycles. The lowest BCUT2D eigenvalue weighted by Crippen LogP contribution is -2.47.